The van der Waals surface area contributed by atoms with Crippen molar-refractivity contribution in [1.82, 2.24) is 20.2 Å². The maximum absolute atomic E-state index is 10.7. The fourth-order valence-corrected chi connectivity index (χ4v) is 4.06. The number of thiazole rings is 1. The third-order valence-corrected chi connectivity index (χ3v) is 5.47. The van der Waals surface area contributed by atoms with Crippen LogP contribution in [0.25, 0.3) is 4.91 Å². The summed E-state index contributed by atoms with van der Waals surface area (Å²) in [6, 6.07) is 3.82. The van der Waals surface area contributed by atoms with Crippen molar-refractivity contribution < 1.29 is 4.79 Å². The predicted molar refractivity (Wildman–Crippen MR) is 101 cm³/mol. The molecule has 9 heteroatoms. The van der Waals surface area contributed by atoms with E-state index in [0.717, 1.165) is 33.5 Å². The SMILES string of the molecule is CC1=C(c2csc(Nc3cccnc3)n2)SC(NC=O)N1C.CN. The first-order valence-electron chi connectivity index (χ1n) is 7.20. The van der Waals surface area contributed by atoms with Crippen LogP contribution >= 0.6 is 23.1 Å². The van der Waals surface area contributed by atoms with Crippen molar-refractivity contribution >= 4 is 45.2 Å². The lowest BCUT2D eigenvalue weighted by molar-refractivity contribution is -0.110. The molecule has 1 amide bonds. The van der Waals surface area contributed by atoms with Crippen LogP contribution in [0.5, 0.6) is 0 Å². The van der Waals surface area contributed by atoms with Crippen molar-refractivity contribution in [2.75, 3.05) is 19.4 Å². The summed E-state index contributed by atoms with van der Waals surface area (Å²) in [7, 11) is 3.46. The van der Waals surface area contributed by atoms with Gasteiger partial charge in [0.25, 0.3) is 0 Å². The van der Waals surface area contributed by atoms with Crippen LogP contribution < -0.4 is 16.4 Å². The van der Waals surface area contributed by atoms with Gasteiger partial charge < -0.3 is 21.3 Å². The van der Waals surface area contributed by atoms with E-state index in [1.807, 2.05) is 36.4 Å². The van der Waals surface area contributed by atoms with Crippen LogP contribution in [0.2, 0.25) is 0 Å². The number of pyridine rings is 1. The van der Waals surface area contributed by atoms with Crippen LogP contribution in [0.4, 0.5) is 10.8 Å². The molecule has 1 atom stereocenters. The summed E-state index contributed by atoms with van der Waals surface area (Å²) in [4.78, 5) is 22.5. The molecule has 0 saturated carbocycles. The number of allylic oxidation sites excluding steroid dienone is 1. The zero-order chi connectivity index (χ0) is 17.5. The molecule has 1 aliphatic heterocycles. The van der Waals surface area contributed by atoms with Gasteiger partial charge in [0.15, 0.2) is 10.6 Å². The fourth-order valence-electron chi connectivity index (χ4n) is 2.06. The van der Waals surface area contributed by atoms with Crippen LogP contribution in [0.1, 0.15) is 12.6 Å². The normalized spacial score (nSPS) is 16.5. The maximum atomic E-state index is 10.7. The molecular weight excluding hydrogens is 344 g/mol. The van der Waals surface area contributed by atoms with Gasteiger partial charge in [0.2, 0.25) is 6.41 Å². The Morgan fingerprint density at radius 1 is 1.42 bits per heavy atom. The molecule has 3 rings (SSSR count). The highest BCUT2D eigenvalue weighted by molar-refractivity contribution is 8.09. The Morgan fingerprint density at radius 3 is 2.88 bits per heavy atom. The molecule has 3 heterocycles. The lowest BCUT2D eigenvalue weighted by Crippen LogP contribution is -2.35. The Kier molecular flexibility index (Phi) is 6.59. The van der Waals surface area contributed by atoms with Gasteiger partial charge in [-0.15, -0.1) is 11.3 Å². The Morgan fingerprint density at radius 2 is 2.21 bits per heavy atom. The predicted octanol–water partition coefficient (Wildman–Crippen LogP) is 2.25. The van der Waals surface area contributed by atoms with Crippen molar-refractivity contribution in [2.24, 2.45) is 5.73 Å². The third-order valence-electron chi connectivity index (χ3n) is 3.30. The molecule has 1 aliphatic rings. The topological polar surface area (TPSA) is 96.2 Å². The van der Waals surface area contributed by atoms with Crippen molar-refractivity contribution in [2.45, 2.75) is 12.4 Å². The number of amides is 1. The number of nitrogens with one attached hydrogen (secondary N) is 2. The summed E-state index contributed by atoms with van der Waals surface area (Å²) in [5.41, 5.74) is 7.35. The smallest absolute Gasteiger partial charge is 0.209 e. The number of carbonyl (C=O) groups excluding carboxylic acids is 1. The molecule has 0 fully saturated rings. The van der Waals surface area contributed by atoms with E-state index in [0.29, 0.717) is 0 Å². The molecule has 7 nitrogen and oxygen atoms in total. The highest BCUT2D eigenvalue weighted by Gasteiger charge is 2.29. The van der Waals surface area contributed by atoms with E-state index in [1.54, 1.807) is 35.5 Å². The van der Waals surface area contributed by atoms with Crippen molar-refractivity contribution in [3.05, 3.63) is 41.3 Å². The highest BCUT2D eigenvalue weighted by atomic mass is 32.2. The van der Waals surface area contributed by atoms with E-state index in [1.165, 1.54) is 7.05 Å². The van der Waals surface area contributed by atoms with E-state index in [4.69, 9.17) is 0 Å². The van der Waals surface area contributed by atoms with Crippen LogP contribution in [0.15, 0.2) is 35.6 Å². The summed E-state index contributed by atoms with van der Waals surface area (Å²) in [5.74, 6) is 0. The first-order valence-corrected chi connectivity index (χ1v) is 8.95. The van der Waals surface area contributed by atoms with Gasteiger partial charge in [-0.05, 0) is 26.1 Å². The number of aromatic nitrogens is 2. The molecule has 24 heavy (non-hydrogen) atoms. The Balaban J connectivity index is 0.00000100. The highest BCUT2D eigenvalue weighted by Crippen LogP contribution is 2.42. The fraction of sp³-hybridized carbons (Fsp3) is 0.267. The number of rotatable bonds is 5. The molecule has 0 bridgehead atoms. The largest absolute Gasteiger partial charge is 0.348 e. The number of nitrogens with zero attached hydrogens (tertiary/aromatic N) is 3. The number of hydrogen-bond donors (Lipinski definition) is 3. The molecule has 4 N–H and O–H groups in total. The van der Waals surface area contributed by atoms with Gasteiger partial charge >= 0.3 is 0 Å². The van der Waals surface area contributed by atoms with Gasteiger partial charge in [-0.25, -0.2) is 4.98 Å². The summed E-state index contributed by atoms with van der Waals surface area (Å²) in [6.07, 6.45) is 4.21. The zero-order valence-electron chi connectivity index (χ0n) is 13.7. The number of carbonyl (C=O) groups is 1. The molecule has 128 valence electrons. The first kappa shape index (κ1) is 18.2. The summed E-state index contributed by atoms with van der Waals surface area (Å²) in [5, 5.41) is 8.86. The average Bonchev–Trinajstić information content (AvgIpc) is 3.18. The maximum Gasteiger partial charge on any atom is 0.209 e. The van der Waals surface area contributed by atoms with Crippen molar-refractivity contribution in [3.63, 3.8) is 0 Å². The van der Waals surface area contributed by atoms with E-state index in [9.17, 15) is 4.79 Å². The van der Waals surface area contributed by atoms with Gasteiger partial charge in [0.1, 0.15) is 0 Å². The van der Waals surface area contributed by atoms with Gasteiger partial charge in [-0.2, -0.15) is 0 Å². The number of nitrogens with two attached hydrogens (primary N) is 1. The summed E-state index contributed by atoms with van der Waals surface area (Å²) < 4.78 is 0. The lowest BCUT2D eigenvalue weighted by Gasteiger charge is -2.21. The van der Waals surface area contributed by atoms with Gasteiger partial charge in [-0.1, -0.05) is 11.8 Å². The molecule has 0 aliphatic carbocycles. The molecule has 1 unspecified atom stereocenters. The summed E-state index contributed by atoms with van der Waals surface area (Å²) in [6.45, 7) is 2.03. The number of hydrogen-bond acceptors (Lipinski definition) is 8. The molecule has 0 spiro atoms. The van der Waals surface area contributed by atoms with Gasteiger partial charge in [0.05, 0.1) is 22.5 Å². The Bertz CT molecular complexity index is 703. The lowest BCUT2D eigenvalue weighted by atomic mass is 10.3. The molecule has 0 aromatic carbocycles. The minimum absolute atomic E-state index is 0.0797. The number of anilines is 2. The van der Waals surface area contributed by atoms with Crippen LogP contribution in [0, 0.1) is 0 Å². The van der Waals surface area contributed by atoms with Crippen molar-refractivity contribution in [3.8, 4) is 0 Å². The van der Waals surface area contributed by atoms with E-state index >= 15 is 0 Å². The zero-order valence-corrected chi connectivity index (χ0v) is 15.3. The second-order valence-corrected chi connectivity index (χ2v) is 6.63. The van der Waals surface area contributed by atoms with Crippen LogP contribution in [0.3, 0.4) is 0 Å². The molecule has 2 aromatic rings. The van der Waals surface area contributed by atoms with E-state index in [2.05, 4.69) is 26.3 Å². The molecule has 0 radical (unpaired) electrons. The Labute approximate surface area is 149 Å². The average molecular weight is 365 g/mol. The first-order chi connectivity index (χ1) is 11.7. The van der Waals surface area contributed by atoms with Crippen LogP contribution in [-0.4, -0.2) is 40.9 Å². The summed E-state index contributed by atoms with van der Waals surface area (Å²) >= 11 is 3.13. The quantitative estimate of drug-likeness (QED) is 0.700. The minimum atomic E-state index is -0.0797. The second kappa shape index (κ2) is 8.67. The number of thioether (sulfide) groups is 1. The standard InChI is InChI=1S/C14H15N5OS2.CH5N/c1-9-12(22-14(16-8-20)19(9)2)11-7-21-13(18-11)17-10-4-3-5-15-6-10;1-2/h3-8,14H,1-2H3,(H,16,20)(H,17,18);2H2,1H3. The van der Waals surface area contributed by atoms with E-state index in [-0.39, 0.29) is 5.50 Å². The second-order valence-electron chi connectivity index (χ2n) is 4.68. The molecular formula is C15H20N6OS2. The van der Waals surface area contributed by atoms with Crippen molar-refractivity contribution in [1.29, 1.82) is 0 Å². The minimum Gasteiger partial charge on any atom is -0.348 e. The Hall–Kier alpha value is -2.10. The van der Waals surface area contributed by atoms with Crippen LogP contribution in [-0.2, 0) is 4.79 Å². The molecule has 0 saturated heterocycles. The molecule has 2 aromatic heterocycles. The van der Waals surface area contributed by atoms with E-state index < -0.39 is 0 Å². The van der Waals surface area contributed by atoms with Gasteiger partial charge in [-0.3, -0.25) is 9.78 Å². The van der Waals surface area contributed by atoms with Gasteiger partial charge in [0, 0.05) is 24.3 Å². The monoisotopic (exact) mass is 364 g/mol. The third kappa shape index (κ3) is 4.05.